The van der Waals surface area contributed by atoms with E-state index in [0.717, 1.165) is 10.5 Å². The summed E-state index contributed by atoms with van der Waals surface area (Å²) in [6.07, 6.45) is 0. The number of rotatable bonds is 8. The minimum absolute atomic E-state index is 0.0885. The molecule has 0 aliphatic rings. The number of aliphatic hydroxyl groups is 1. The highest BCUT2D eigenvalue weighted by Crippen LogP contribution is 2.37. The van der Waals surface area contributed by atoms with Crippen LogP contribution >= 0.6 is 0 Å². The third-order valence-corrected chi connectivity index (χ3v) is 8.98. The van der Waals surface area contributed by atoms with Crippen molar-refractivity contribution in [3.8, 4) is 0 Å². The van der Waals surface area contributed by atoms with Crippen LogP contribution in [0.2, 0.25) is 0 Å². The summed E-state index contributed by atoms with van der Waals surface area (Å²) in [5.41, 5.74) is 1.13. The van der Waals surface area contributed by atoms with Gasteiger partial charge in [0.1, 0.15) is 4.90 Å². The Bertz CT molecular complexity index is 663. The number of hydrogen-bond donors (Lipinski definition) is 1. The van der Waals surface area contributed by atoms with Gasteiger partial charge >= 0.3 is 0 Å². The summed E-state index contributed by atoms with van der Waals surface area (Å²) in [4.78, 5) is 0.762. The number of aryl methyl sites for hydroxylation is 1. The van der Waals surface area contributed by atoms with Crippen molar-refractivity contribution in [2.45, 2.75) is 91.4 Å². The topological polar surface area (TPSA) is 49.7 Å². The van der Waals surface area contributed by atoms with Gasteiger partial charge in [-0.15, -0.1) is 0 Å². The average Bonchev–Trinajstić information content (AvgIpc) is 2.52. The molecule has 26 heavy (non-hydrogen) atoms. The van der Waals surface area contributed by atoms with Crippen LogP contribution in [-0.4, -0.2) is 44.0 Å². The van der Waals surface area contributed by atoms with Gasteiger partial charge in [-0.25, -0.2) is 3.89 Å². The van der Waals surface area contributed by atoms with E-state index in [9.17, 15) is 9.32 Å². The zero-order valence-corrected chi connectivity index (χ0v) is 18.9. The van der Waals surface area contributed by atoms with E-state index in [-0.39, 0.29) is 36.7 Å². The lowest BCUT2D eigenvalue weighted by atomic mass is 10.1. The van der Waals surface area contributed by atoms with Crippen LogP contribution in [0.3, 0.4) is 0 Å². The first kappa shape index (κ1) is 23.1. The first-order chi connectivity index (χ1) is 11.9. The molecule has 4 nitrogen and oxygen atoms in total. The quantitative estimate of drug-likeness (QED) is 0.656. The molecule has 0 aromatic heterocycles. The van der Waals surface area contributed by atoms with Gasteiger partial charge in [0.05, 0.1) is 30.8 Å². The van der Waals surface area contributed by atoms with Crippen LogP contribution in [0.15, 0.2) is 33.5 Å². The van der Waals surface area contributed by atoms with Gasteiger partial charge in [-0.1, -0.05) is 31.5 Å². The number of hydrogen-bond acceptors (Lipinski definition) is 3. The molecule has 0 amide bonds. The number of nitrogens with zero attached hydrogens (tertiary/aromatic N) is 2. The van der Waals surface area contributed by atoms with Crippen molar-refractivity contribution in [2.24, 2.45) is 10.3 Å². The maximum Gasteiger partial charge on any atom is 0.225 e. The highest BCUT2D eigenvalue weighted by Gasteiger charge is 2.49. The monoisotopic (exact) mass is 383 g/mol. The maximum atomic E-state index is 14.8. The van der Waals surface area contributed by atoms with Gasteiger partial charge in [0, 0.05) is 0 Å². The van der Waals surface area contributed by atoms with Gasteiger partial charge < -0.3 is 5.11 Å². The van der Waals surface area contributed by atoms with Gasteiger partial charge in [0.15, 0.2) is 0 Å². The third kappa shape index (κ3) is 4.00. The summed E-state index contributed by atoms with van der Waals surface area (Å²) < 4.78 is 20.1. The minimum Gasteiger partial charge on any atom is -0.394 e. The van der Waals surface area contributed by atoms with E-state index >= 15 is 0 Å². The predicted octanol–water partition coefficient (Wildman–Crippen LogP) is 4.80. The van der Waals surface area contributed by atoms with Gasteiger partial charge in [-0.05, 0) is 66.5 Å². The maximum absolute atomic E-state index is 14.8. The average molecular weight is 384 g/mol. The van der Waals surface area contributed by atoms with E-state index in [1.807, 2.05) is 45.0 Å². The molecule has 2 atom stereocenters. The first-order valence-electron chi connectivity index (χ1n) is 9.77. The third-order valence-electron chi connectivity index (χ3n) is 5.41. The Morgan fingerprint density at radius 2 is 1.35 bits per heavy atom. The Morgan fingerprint density at radius 1 is 0.923 bits per heavy atom. The molecule has 0 bridgehead atoms. The van der Waals surface area contributed by atoms with Crippen LogP contribution in [0.25, 0.3) is 0 Å². The Hall–Kier alpha value is -0.910. The standard InChI is InChI=1S/C21H39N2O2S/c1-15(2)21(14-24)22-26(25,20-12-10-19(9)11-13-20)23(16(3)4,17(5)6)18(7)8/h10-13,15-18,21,24H,14H2,1-9H3/q+1/t21-,26?/m1/s1. The molecule has 5 heteroatoms. The number of aliphatic hydroxyl groups excluding tert-OH is 1. The molecule has 0 fully saturated rings. The van der Waals surface area contributed by atoms with Crippen molar-refractivity contribution in [3.05, 3.63) is 29.8 Å². The minimum atomic E-state index is -2.84. The highest BCUT2D eigenvalue weighted by atomic mass is 32.2. The zero-order valence-electron chi connectivity index (χ0n) is 18.1. The second-order valence-electron chi connectivity index (χ2n) is 8.45. The summed E-state index contributed by atoms with van der Waals surface area (Å²) in [7, 11) is -2.84. The van der Waals surface area contributed by atoms with E-state index in [2.05, 4.69) is 41.5 Å². The fourth-order valence-corrected chi connectivity index (χ4v) is 7.77. The summed E-state index contributed by atoms with van der Waals surface area (Å²) in [6.45, 7) is 18.8. The van der Waals surface area contributed by atoms with Crippen molar-refractivity contribution in [1.29, 1.82) is 0 Å². The van der Waals surface area contributed by atoms with Crippen LogP contribution in [0.4, 0.5) is 0 Å². The van der Waals surface area contributed by atoms with E-state index in [1.165, 1.54) is 0 Å². The molecule has 1 aromatic carbocycles. The molecule has 150 valence electrons. The van der Waals surface area contributed by atoms with Gasteiger partial charge in [-0.3, -0.25) is 0 Å². The molecule has 0 aliphatic carbocycles. The van der Waals surface area contributed by atoms with Gasteiger partial charge in [0.2, 0.25) is 9.92 Å². The van der Waals surface area contributed by atoms with Crippen molar-refractivity contribution in [1.82, 2.24) is 0 Å². The molecule has 1 rings (SSSR count). The molecular formula is C21H39N2O2S+. The second kappa shape index (κ2) is 8.85. The molecule has 1 aromatic rings. The largest absolute Gasteiger partial charge is 0.394 e. The van der Waals surface area contributed by atoms with E-state index in [4.69, 9.17) is 4.36 Å². The molecule has 1 unspecified atom stereocenters. The summed E-state index contributed by atoms with van der Waals surface area (Å²) in [5, 5.41) is 9.91. The SMILES string of the molecule is Cc1ccc(S(=O)(=N[C@H](CO)C(C)C)[N+](C(C)C)(C(C)C)C(C)C)cc1. The smallest absolute Gasteiger partial charge is 0.225 e. The lowest BCUT2D eigenvalue weighted by Gasteiger charge is -2.49. The normalized spacial score (nSPS) is 16.4. The van der Waals surface area contributed by atoms with Crippen molar-refractivity contribution in [2.75, 3.05) is 6.61 Å². The van der Waals surface area contributed by atoms with Gasteiger partial charge in [0.25, 0.3) is 0 Å². The molecule has 0 saturated carbocycles. The predicted molar refractivity (Wildman–Crippen MR) is 111 cm³/mol. The molecule has 1 N–H and O–H groups in total. The van der Waals surface area contributed by atoms with Crippen molar-refractivity contribution in [3.63, 3.8) is 0 Å². The second-order valence-corrected chi connectivity index (χ2v) is 10.8. The molecule has 0 spiro atoms. The summed E-state index contributed by atoms with van der Waals surface area (Å²) >= 11 is 0. The fourth-order valence-electron chi connectivity index (χ4n) is 4.24. The molecule has 0 aliphatic heterocycles. The Morgan fingerprint density at radius 3 is 1.65 bits per heavy atom. The lowest BCUT2D eigenvalue weighted by molar-refractivity contribution is -0.870. The Kier molecular flexibility index (Phi) is 7.88. The van der Waals surface area contributed by atoms with Crippen LogP contribution in [-0.2, 0) is 9.92 Å². The molecular weight excluding hydrogens is 344 g/mol. The van der Waals surface area contributed by atoms with Gasteiger partial charge in [-0.2, -0.15) is 8.57 Å². The van der Waals surface area contributed by atoms with E-state index < -0.39 is 9.92 Å². The highest BCUT2D eigenvalue weighted by molar-refractivity contribution is 7.88. The van der Waals surface area contributed by atoms with E-state index in [1.54, 1.807) is 0 Å². The summed E-state index contributed by atoms with van der Waals surface area (Å²) in [6, 6.07) is 7.94. The van der Waals surface area contributed by atoms with Crippen LogP contribution < -0.4 is 0 Å². The van der Waals surface area contributed by atoms with E-state index in [0.29, 0.717) is 3.89 Å². The van der Waals surface area contributed by atoms with Crippen LogP contribution in [0, 0.1) is 12.8 Å². The zero-order chi connectivity index (χ0) is 20.3. The molecule has 0 saturated heterocycles. The first-order valence-corrected chi connectivity index (χ1v) is 11.2. The summed E-state index contributed by atoms with van der Waals surface area (Å²) in [5.74, 6) is 0.125. The Labute approximate surface area is 161 Å². The molecule has 0 radical (unpaired) electrons. The Balaban J connectivity index is 3.98. The van der Waals surface area contributed by atoms with Crippen molar-refractivity contribution >= 4 is 9.92 Å². The van der Waals surface area contributed by atoms with Crippen LogP contribution in [0.5, 0.6) is 0 Å². The van der Waals surface area contributed by atoms with Crippen molar-refractivity contribution < 1.29 is 13.2 Å². The lowest BCUT2D eigenvalue weighted by Crippen LogP contribution is -2.65. The fraction of sp³-hybridized carbons (Fsp3) is 0.714. The molecule has 0 heterocycles. The number of quaternary nitrogens is 1. The number of benzene rings is 1. The van der Waals surface area contributed by atoms with Crippen LogP contribution in [0.1, 0.15) is 61.0 Å².